The van der Waals surface area contributed by atoms with Crippen molar-refractivity contribution in [3.05, 3.63) is 75.6 Å². The Bertz CT molecular complexity index is 964. The molecule has 0 fully saturated rings. The zero-order valence-electron chi connectivity index (χ0n) is 13.3. The van der Waals surface area contributed by atoms with Crippen molar-refractivity contribution in [1.29, 1.82) is 0 Å². The zero-order chi connectivity index (χ0) is 18.0. The number of benzene rings is 1. The van der Waals surface area contributed by atoms with Gasteiger partial charge in [-0.05, 0) is 55.0 Å². The molecule has 5 nitrogen and oxygen atoms in total. The van der Waals surface area contributed by atoms with Crippen LogP contribution in [0.4, 0.5) is 4.39 Å². The number of hydrogen-bond acceptors (Lipinski definition) is 5. The highest BCUT2D eigenvalue weighted by atomic mass is 32.2. The molecular formula is C17H16FNO4S2. The summed E-state index contributed by atoms with van der Waals surface area (Å²) < 4.78 is 45.5. The topological polar surface area (TPSA) is 79.5 Å². The molecule has 1 atom stereocenters. The number of aliphatic hydroxyl groups is 1. The number of hydrogen-bond donors (Lipinski definition) is 2. The second-order valence-electron chi connectivity index (χ2n) is 5.46. The summed E-state index contributed by atoms with van der Waals surface area (Å²) in [6, 6.07) is 10.4. The Hall–Kier alpha value is -2.00. The first-order valence-corrected chi connectivity index (χ1v) is 9.73. The quantitative estimate of drug-likeness (QED) is 0.686. The van der Waals surface area contributed by atoms with E-state index in [0.717, 1.165) is 10.9 Å². The summed E-state index contributed by atoms with van der Waals surface area (Å²) in [4.78, 5) is 1.44. The van der Waals surface area contributed by atoms with E-state index in [1.807, 2.05) is 0 Å². The smallest absolute Gasteiger partial charge is 0.241 e. The fourth-order valence-corrected chi connectivity index (χ4v) is 4.65. The minimum Gasteiger partial charge on any atom is -0.466 e. The predicted molar refractivity (Wildman–Crippen MR) is 92.3 cm³/mol. The van der Waals surface area contributed by atoms with Crippen molar-refractivity contribution in [3.8, 4) is 0 Å². The Labute approximate surface area is 148 Å². The number of aryl methyl sites for hydroxylation is 1. The van der Waals surface area contributed by atoms with E-state index in [1.165, 1.54) is 29.7 Å². The van der Waals surface area contributed by atoms with Crippen LogP contribution < -0.4 is 4.72 Å². The van der Waals surface area contributed by atoms with E-state index in [-0.39, 0.29) is 11.4 Å². The van der Waals surface area contributed by atoms with Crippen molar-refractivity contribution in [1.82, 2.24) is 4.72 Å². The van der Waals surface area contributed by atoms with Crippen molar-refractivity contribution < 1.29 is 22.3 Å². The summed E-state index contributed by atoms with van der Waals surface area (Å²) in [7, 11) is -3.75. The van der Waals surface area contributed by atoms with E-state index in [2.05, 4.69) is 4.72 Å². The van der Waals surface area contributed by atoms with Gasteiger partial charge in [-0.3, -0.25) is 0 Å². The summed E-state index contributed by atoms with van der Waals surface area (Å²) in [5.74, 6) is -0.0535. The van der Waals surface area contributed by atoms with Crippen LogP contribution in [0.15, 0.2) is 58.0 Å². The van der Waals surface area contributed by atoms with Crippen molar-refractivity contribution >= 4 is 21.4 Å². The molecule has 0 unspecified atom stereocenters. The molecule has 0 aliphatic heterocycles. The molecule has 8 heteroatoms. The lowest BCUT2D eigenvalue weighted by Gasteiger charge is -2.08. The molecule has 0 aliphatic rings. The number of halogens is 1. The van der Waals surface area contributed by atoms with Gasteiger partial charge in [-0.25, -0.2) is 17.5 Å². The molecule has 0 saturated heterocycles. The Morgan fingerprint density at radius 3 is 2.76 bits per heavy atom. The number of rotatable bonds is 6. The highest BCUT2D eigenvalue weighted by Crippen LogP contribution is 2.29. The first-order valence-electron chi connectivity index (χ1n) is 7.43. The van der Waals surface area contributed by atoms with E-state index in [1.54, 1.807) is 31.2 Å². The van der Waals surface area contributed by atoms with Crippen LogP contribution in [0.3, 0.4) is 0 Å². The molecule has 2 N–H and O–H groups in total. The molecule has 1 aromatic carbocycles. The fraction of sp³-hybridized carbons (Fsp3) is 0.176. The Morgan fingerprint density at radius 1 is 1.28 bits per heavy atom. The average molecular weight is 381 g/mol. The van der Waals surface area contributed by atoms with E-state index in [0.29, 0.717) is 16.2 Å². The van der Waals surface area contributed by atoms with E-state index in [9.17, 15) is 17.9 Å². The molecule has 0 aliphatic carbocycles. The van der Waals surface area contributed by atoms with Gasteiger partial charge in [0.1, 0.15) is 17.7 Å². The van der Waals surface area contributed by atoms with Gasteiger partial charge < -0.3 is 9.52 Å². The third kappa shape index (κ3) is 3.98. The largest absolute Gasteiger partial charge is 0.466 e. The van der Waals surface area contributed by atoms with E-state index >= 15 is 0 Å². The van der Waals surface area contributed by atoms with Gasteiger partial charge in [-0.15, -0.1) is 11.3 Å². The molecule has 3 rings (SSSR count). The third-order valence-corrected chi connectivity index (χ3v) is 6.33. The molecule has 3 aromatic rings. The molecule has 0 amide bonds. The normalized spacial score (nSPS) is 13.1. The van der Waals surface area contributed by atoms with Gasteiger partial charge in [0.2, 0.25) is 10.0 Å². The highest BCUT2D eigenvalue weighted by molar-refractivity contribution is 7.89. The zero-order valence-corrected chi connectivity index (χ0v) is 14.9. The van der Waals surface area contributed by atoms with Gasteiger partial charge in [0.05, 0.1) is 11.2 Å². The number of aliphatic hydroxyl groups excluding tert-OH is 1. The minimum absolute atomic E-state index is 0.0429. The van der Waals surface area contributed by atoms with Gasteiger partial charge >= 0.3 is 0 Å². The van der Waals surface area contributed by atoms with Gasteiger partial charge in [-0.2, -0.15) is 0 Å². The highest BCUT2D eigenvalue weighted by Gasteiger charge is 2.19. The van der Waals surface area contributed by atoms with Crippen LogP contribution in [-0.4, -0.2) is 13.5 Å². The molecule has 0 radical (unpaired) electrons. The molecule has 0 bridgehead atoms. The summed E-state index contributed by atoms with van der Waals surface area (Å²) in [5.41, 5.74) is 0.340. The first-order chi connectivity index (χ1) is 11.9. The monoisotopic (exact) mass is 381 g/mol. The van der Waals surface area contributed by atoms with E-state index < -0.39 is 21.9 Å². The molecule has 2 heterocycles. The lowest BCUT2D eigenvalue weighted by atomic mass is 10.2. The maximum atomic E-state index is 13.1. The minimum atomic E-state index is -3.75. The van der Waals surface area contributed by atoms with Crippen molar-refractivity contribution in [3.63, 3.8) is 0 Å². The fourth-order valence-electron chi connectivity index (χ4n) is 2.38. The number of thiophene rings is 1. The Morgan fingerprint density at radius 2 is 2.08 bits per heavy atom. The predicted octanol–water partition coefficient (Wildman–Crippen LogP) is 3.35. The van der Waals surface area contributed by atoms with Crippen LogP contribution in [0.1, 0.15) is 27.2 Å². The summed E-state index contributed by atoms with van der Waals surface area (Å²) >= 11 is 1.28. The summed E-state index contributed by atoms with van der Waals surface area (Å²) in [6.45, 7) is 1.62. The molecule has 2 aromatic heterocycles. The molecular weight excluding hydrogens is 365 g/mol. The van der Waals surface area contributed by atoms with Crippen LogP contribution in [-0.2, 0) is 16.6 Å². The van der Waals surface area contributed by atoms with Crippen LogP contribution in [0.5, 0.6) is 0 Å². The number of nitrogens with one attached hydrogen (secondary N) is 1. The van der Waals surface area contributed by atoms with E-state index in [4.69, 9.17) is 4.42 Å². The Balaban J connectivity index is 1.71. The standard InChI is InChI=1S/C17H16FNO4S2/c1-11-9-12(18)4-7-16(11)25(21,22)19-10-13-5-6-15(24-13)17(20)14-3-2-8-23-14/h2-9,17,19-20H,10H2,1H3/t17-/m0/s1. The summed E-state index contributed by atoms with van der Waals surface area (Å²) in [5, 5.41) is 10.2. The molecule has 0 saturated carbocycles. The maximum Gasteiger partial charge on any atom is 0.241 e. The lowest BCUT2D eigenvalue weighted by Crippen LogP contribution is -2.23. The SMILES string of the molecule is Cc1cc(F)ccc1S(=O)(=O)NCc1ccc([C@@H](O)c2ccco2)s1. The number of furan rings is 1. The second-order valence-corrected chi connectivity index (χ2v) is 8.39. The average Bonchev–Trinajstić information content (AvgIpc) is 3.24. The van der Waals surface area contributed by atoms with Crippen molar-refractivity contribution in [2.45, 2.75) is 24.5 Å². The van der Waals surface area contributed by atoms with Gasteiger partial charge in [0.15, 0.2) is 0 Å². The second kappa shape index (κ2) is 7.09. The molecule has 132 valence electrons. The van der Waals surface area contributed by atoms with Gasteiger partial charge in [0, 0.05) is 16.3 Å². The Kier molecular flexibility index (Phi) is 5.05. The molecule has 0 spiro atoms. The third-order valence-electron chi connectivity index (χ3n) is 3.63. The maximum absolute atomic E-state index is 13.1. The van der Waals surface area contributed by atoms with Gasteiger partial charge in [-0.1, -0.05) is 0 Å². The first kappa shape index (κ1) is 17.8. The van der Waals surface area contributed by atoms with Crippen LogP contribution in [0.2, 0.25) is 0 Å². The van der Waals surface area contributed by atoms with Crippen LogP contribution in [0.25, 0.3) is 0 Å². The molecule has 25 heavy (non-hydrogen) atoms. The van der Waals surface area contributed by atoms with Gasteiger partial charge in [0.25, 0.3) is 0 Å². The van der Waals surface area contributed by atoms with Crippen LogP contribution >= 0.6 is 11.3 Å². The summed E-state index contributed by atoms with van der Waals surface area (Å²) in [6.07, 6.45) is 0.594. The van der Waals surface area contributed by atoms with Crippen molar-refractivity contribution in [2.24, 2.45) is 0 Å². The number of sulfonamides is 1. The van der Waals surface area contributed by atoms with Crippen LogP contribution in [0, 0.1) is 12.7 Å². The van der Waals surface area contributed by atoms with Crippen molar-refractivity contribution in [2.75, 3.05) is 0 Å². The lowest BCUT2D eigenvalue weighted by molar-refractivity contribution is 0.193.